The van der Waals surface area contributed by atoms with E-state index in [1.807, 2.05) is 45.0 Å². The van der Waals surface area contributed by atoms with Gasteiger partial charge in [-0.05, 0) is 45.2 Å². The summed E-state index contributed by atoms with van der Waals surface area (Å²) in [5, 5.41) is 11.0. The number of aliphatic hydroxyl groups is 1. The number of nitrogens with zero attached hydrogens (tertiary/aromatic N) is 1. The molecular weight excluding hydrogens is 334 g/mol. The van der Waals surface area contributed by atoms with Crippen LogP contribution < -0.4 is 0 Å². The number of halogens is 1. The highest BCUT2D eigenvalue weighted by atomic mass is 79.9. The highest BCUT2D eigenvalue weighted by Crippen LogP contribution is 2.36. The second-order valence-electron chi connectivity index (χ2n) is 6.52. The number of β-amino-alcohol motifs (C(OH)–C–C–N with tert-alkyl or cyclic N) is 1. The van der Waals surface area contributed by atoms with E-state index in [2.05, 4.69) is 15.9 Å². The normalized spacial score (nSPS) is 23.0. The first kappa shape index (κ1) is 16.3. The van der Waals surface area contributed by atoms with E-state index >= 15 is 0 Å². The fraction of sp³-hybridized carbons (Fsp3) is 0.562. The first-order valence-electron chi connectivity index (χ1n) is 7.17. The van der Waals surface area contributed by atoms with Crippen LogP contribution in [-0.4, -0.2) is 34.8 Å². The fourth-order valence-corrected chi connectivity index (χ4v) is 3.23. The first-order valence-corrected chi connectivity index (χ1v) is 7.96. The van der Waals surface area contributed by atoms with Gasteiger partial charge in [0, 0.05) is 11.0 Å². The van der Waals surface area contributed by atoms with E-state index in [4.69, 9.17) is 4.74 Å². The molecule has 0 radical (unpaired) electrons. The van der Waals surface area contributed by atoms with Crippen LogP contribution >= 0.6 is 15.9 Å². The molecule has 21 heavy (non-hydrogen) atoms. The Morgan fingerprint density at radius 1 is 1.38 bits per heavy atom. The van der Waals surface area contributed by atoms with Gasteiger partial charge in [-0.3, -0.25) is 0 Å². The van der Waals surface area contributed by atoms with Crippen LogP contribution in [0.15, 0.2) is 28.7 Å². The maximum atomic E-state index is 12.2. The van der Waals surface area contributed by atoms with Gasteiger partial charge in [-0.15, -0.1) is 0 Å². The summed E-state index contributed by atoms with van der Waals surface area (Å²) in [6.07, 6.45) is 1.01. The van der Waals surface area contributed by atoms with Crippen molar-refractivity contribution in [2.45, 2.75) is 44.8 Å². The van der Waals surface area contributed by atoms with Gasteiger partial charge in [-0.2, -0.15) is 0 Å². The number of benzene rings is 1. The summed E-state index contributed by atoms with van der Waals surface area (Å²) in [4.78, 5) is 13.8. The number of carbonyl (C=O) groups excluding carboxylic acids is 1. The molecule has 0 aromatic heterocycles. The summed E-state index contributed by atoms with van der Waals surface area (Å²) in [6, 6.07) is 7.60. The molecule has 0 bridgehead atoms. The summed E-state index contributed by atoms with van der Waals surface area (Å²) in [6.45, 7) is 6.39. The number of likely N-dealkylation sites (tertiary alicyclic amines) is 1. The van der Waals surface area contributed by atoms with E-state index < -0.39 is 11.2 Å². The van der Waals surface area contributed by atoms with Gasteiger partial charge in [-0.1, -0.05) is 34.1 Å². The number of carbonyl (C=O) groups is 1. The number of rotatable bonds is 1. The van der Waals surface area contributed by atoms with Crippen LogP contribution in [0.25, 0.3) is 0 Å². The lowest BCUT2D eigenvalue weighted by Gasteiger charge is -2.40. The molecule has 0 aliphatic carbocycles. The highest BCUT2D eigenvalue weighted by molar-refractivity contribution is 9.10. The average Bonchev–Trinajstić information content (AvgIpc) is 2.37. The highest BCUT2D eigenvalue weighted by Gasteiger charge is 2.39. The Bertz CT molecular complexity index is 526. The summed E-state index contributed by atoms with van der Waals surface area (Å²) >= 11 is 3.48. The van der Waals surface area contributed by atoms with Crippen LogP contribution in [0.3, 0.4) is 0 Å². The molecule has 1 unspecified atom stereocenters. The summed E-state index contributed by atoms with van der Waals surface area (Å²) in [7, 11) is 0. The molecule has 0 saturated carbocycles. The number of piperidine rings is 1. The van der Waals surface area contributed by atoms with Crippen molar-refractivity contribution in [3.8, 4) is 0 Å². The fourth-order valence-electron chi connectivity index (χ4n) is 2.58. The summed E-state index contributed by atoms with van der Waals surface area (Å²) in [5.41, 5.74) is -0.742. The van der Waals surface area contributed by atoms with E-state index in [9.17, 15) is 9.90 Å². The minimum Gasteiger partial charge on any atom is -0.444 e. The lowest BCUT2D eigenvalue weighted by Crippen LogP contribution is -2.50. The van der Waals surface area contributed by atoms with Gasteiger partial charge >= 0.3 is 6.09 Å². The van der Waals surface area contributed by atoms with Crippen molar-refractivity contribution in [3.63, 3.8) is 0 Å². The van der Waals surface area contributed by atoms with E-state index in [0.717, 1.165) is 16.5 Å². The third kappa shape index (κ3) is 3.98. The van der Waals surface area contributed by atoms with Crippen LogP contribution in [0.5, 0.6) is 0 Å². The zero-order chi connectivity index (χ0) is 15.7. The van der Waals surface area contributed by atoms with Crippen molar-refractivity contribution in [3.05, 3.63) is 34.3 Å². The van der Waals surface area contributed by atoms with E-state index in [0.29, 0.717) is 13.0 Å². The van der Waals surface area contributed by atoms with Gasteiger partial charge in [0.15, 0.2) is 0 Å². The van der Waals surface area contributed by atoms with Crippen LogP contribution in [0, 0.1) is 0 Å². The lowest BCUT2D eigenvalue weighted by atomic mass is 9.86. The second kappa shape index (κ2) is 5.97. The molecule has 1 aromatic carbocycles. The van der Waals surface area contributed by atoms with Crippen LogP contribution in [0.2, 0.25) is 0 Å². The Balaban J connectivity index is 2.17. The molecule has 0 spiro atoms. The molecule has 1 amide bonds. The molecule has 1 atom stereocenters. The van der Waals surface area contributed by atoms with E-state index in [-0.39, 0.29) is 12.6 Å². The van der Waals surface area contributed by atoms with Crippen LogP contribution in [0.1, 0.15) is 39.2 Å². The Hall–Kier alpha value is -1.07. The number of hydrogen-bond acceptors (Lipinski definition) is 3. The van der Waals surface area contributed by atoms with Crippen molar-refractivity contribution in [2.75, 3.05) is 13.1 Å². The second-order valence-corrected chi connectivity index (χ2v) is 7.37. The third-order valence-corrected chi connectivity index (χ3v) is 4.19. The standard InChI is InChI=1S/C16H22BrNO3/c1-15(2,3)21-14(19)18-10-6-9-16(20,11-18)12-7-4-5-8-13(12)17/h4-5,7-8,20H,6,9-11H2,1-3H3. The molecule has 1 aliphatic rings. The topological polar surface area (TPSA) is 49.8 Å². The molecule has 1 saturated heterocycles. The monoisotopic (exact) mass is 355 g/mol. The van der Waals surface area contributed by atoms with Crippen molar-refractivity contribution in [1.29, 1.82) is 0 Å². The molecule has 5 heteroatoms. The molecule has 1 aliphatic heterocycles. The van der Waals surface area contributed by atoms with Gasteiger partial charge in [0.1, 0.15) is 11.2 Å². The third-order valence-electron chi connectivity index (χ3n) is 3.50. The quantitative estimate of drug-likeness (QED) is 0.835. The SMILES string of the molecule is CC(C)(C)OC(=O)N1CCCC(O)(c2ccccc2Br)C1. The van der Waals surface area contributed by atoms with Gasteiger partial charge in [0.05, 0.1) is 6.54 Å². The molecule has 4 nitrogen and oxygen atoms in total. The predicted octanol–water partition coefficient (Wildman–Crippen LogP) is 3.67. The smallest absolute Gasteiger partial charge is 0.410 e. The average molecular weight is 356 g/mol. The molecular formula is C16H22BrNO3. The Morgan fingerprint density at radius 2 is 2.05 bits per heavy atom. The maximum absolute atomic E-state index is 12.2. The Kier molecular flexibility index (Phi) is 4.63. The van der Waals surface area contributed by atoms with Crippen molar-refractivity contribution in [2.24, 2.45) is 0 Å². The maximum Gasteiger partial charge on any atom is 0.410 e. The minimum atomic E-state index is -1.03. The van der Waals surface area contributed by atoms with Crippen molar-refractivity contribution >= 4 is 22.0 Å². The minimum absolute atomic E-state index is 0.254. The van der Waals surface area contributed by atoms with Crippen molar-refractivity contribution < 1.29 is 14.6 Å². The number of ether oxygens (including phenoxy) is 1. The van der Waals surface area contributed by atoms with Crippen LogP contribution in [-0.2, 0) is 10.3 Å². The Morgan fingerprint density at radius 3 is 2.67 bits per heavy atom. The number of amides is 1. The Labute approximate surface area is 134 Å². The van der Waals surface area contributed by atoms with E-state index in [1.165, 1.54) is 0 Å². The molecule has 116 valence electrons. The van der Waals surface area contributed by atoms with E-state index in [1.54, 1.807) is 4.90 Å². The predicted molar refractivity (Wildman–Crippen MR) is 85.1 cm³/mol. The van der Waals surface area contributed by atoms with Gasteiger partial charge < -0.3 is 14.7 Å². The van der Waals surface area contributed by atoms with Gasteiger partial charge in [-0.25, -0.2) is 4.79 Å². The summed E-state index contributed by atoms with van der Waals surface area (Å²) in [5.74, 6) is 0. The zero-order valence-electron chi connectivity index (χ0n) is 12.7. The van der Waals surface area contributed by atoms with Crippen LogP contribution in [0.4, 0.5) is 4.79 Å². The zero-order valence-corrected chi connectivity index (χ0v) is 14.3. The molecule has 1 aromatic rings. The lowest BCUT2D eigenvalue weighted by molar-refractivity contribution is -0.0469. The molecule has 1 N–H and O–H groups in total. The molecule has 1 heterocycles. The molecule has 1 fully saturated rings. The van der Waals surface area contributed by atoms with Gasteiger partial charge in [0.2, 0.25) is 0 Å². The van der Waals surface area contributed by atoms with Crippen molar-refractivity contribution in [1.82, 2.24) is 4.90 Å². The largest absolute Gasteiger partial charge is 0.444 e. The van der Waals surface area contributed by atoms with Gasteiger partial charge in [0.25, 0.3) is 0 Å². The summed E-state index contributed by atoms with van der Waals surface area (Å²) < 4.78 is 6.26. The molecule has 2 rings (SSSR count). The number of hydrogen-bond donors (Lipinski definition) is 1. The first-order chi connectivity index (χ1) is 9.71.